The molecule has 1 aromatic heterocycles. The SMILES string of the molecule is O=C(OCCCCCOC(F)(F)F)c1ccsc1. The van der Waals surface area contributed by atoms with E-state index in [-0.39, 0.29) is 19.6 Å². The second-order valence-electron chi connectivity index (χ2n) is 3.50. The first-order valence-electron chi connectivity index (χ1n) is 5.39. The Hall–Kier alpha value is -1.08. The first-order valence-corrected chi connectivity index (χ1v) is 6.33. The third-order valence-corrected chi connectivity index (χ3v) is 2.73. The highest BCUT2D eigenvalue weighted by Crippen LogP contribution is 2.16. The number of alkyl halides is 3. The zero-order chi connectivity index (χ0) is 13.4. The van der Waals surface area contributed by atoms with Gasteiger partial charge in [-0.05, 0) is 30.7 Å². The van der Waals surface area contributed by atoms with E-state index in [0.717, 1.165) is 0 Å². The molecule has 0 fully saturated rings. The Labute approximate surface area is 107 Å². The Kier molecular flexibility index (Phi) is 6.14. The van der Waals surface area contributed by atoms with Gasteiger partial charge in [0.2, 0.25) is 0 Å². The molecule has 1 heterocycles. The molecule has 102 valence electrons. The third kappa shape index (κ3) is 6.61. The molecular formula is C11H13F3O3S. The number of hydrogen-bond acceptors (Lipinski definition) is 4. The van der Waals surface area contributed by atoms with Gasteiger partial charge in [0.1, 0.15) is 0 Å². The van der Waals surface area contributed by atoms with Crippen molar-refractivity contribution in [2.24, 2.45) is 0 Å². The molecular weight excluding hydrogens is 269 g/mol. The third-order valence-electron chi connectivity index (χ3n) is 2.04. The fourth-order valence-electron chi connectivity index (χ4n) is 1.20. The number of carbonyl (C=O) groups is 1. The Morgan fingerprint density at radius 3 is 2.56 bits per heavy atom. The van der Waals surface area contributed by atoms with Crippen LogP contribution in [0.4, 0.5) is 13.2 Å². The summed E-state index contributed by atoms with van der Waals surface area (Å²) in [5.74, 6) is -0.400. The van der Waals surface area contributed by atoms with Gasteiger partial charge in [0.15, 0.2) is 0 Å². The lowest BCUT2D eigenvalue weighted by Crippen LogP contribution is -2.14. The molecule has 7 heteroatoms. The van der Waals surface area contributed by atoms with Crippen LogP contribution in [0.15, 0.2) is 16.8 Å². The number of thiophene rings is 1. The molecule has 0 atom stereocenters. The van der Waals surface area contributed by atoms with Crippen LogP contribution in [0.25, 0.3) is 0 Å². The minimum absolute atomic E-state index is 0.209. The van der Waals surface area contributed by atoms with Crippen LogP contribution in [0.2, 0.25) is 0 Å². The molecule has 0 amide bonds. The van der Waals surface area contributed by atoms with E-state index in [1.165, 1.54) is 11.3 Å². The van der Waals surface area contributed by atoms with Gasteiger partial charge in [-0.2, -0.15) is 11.3 Å². The number of rotatable bonds is 7. The number of ether oxygens (including phenoxy) is 2. The maximum absolute atomic E-state index is 11.6. The average molecular weight is 282 g/mol. The monoisotopic (exact) mass is 282 g/mol. The Balaban J connectivity index is 1.98. The van der Waals surface area contributed by atoms with Gasteiger partial charge in [0, 0.05) is 5.38 Å². The number of carbonyl (C=O) groups excluding carboxylic acids is 1. The molecule has 0 saturated heterocycles. The van der Waals surface area contributed by atoms with Gasteiger partial charge in [-0.15, -0.1) is 13.2 Å². The van der Waals surface area contributed by atoms with E-state index in [2.05, 4.69) is 4.74 Å². The fourth-order valence-corrected chi connectivity index (χ4v) is 1.82. The molecule has 3 nitrogen and oxygen atoms in total. The van der Waals surface area contributed by atoms with Crippen LogP contribution in [0.1, 0.15) is 29.6 Å². The summed E-state index contributed by atoms with van der Waals surface area (Å²) in [6, 6.07) is 1.66. The van der Waals surface area contributed by atoms with E-state index in [0.29, 0.717) is 18.4 Å². The van der Waals surface area contributed by atoms with E-state index in [4.69, 9.17) is 4.74 Å². The van der Waals surface area contributed by atoms with Crippen LogP contribution in [0.5, 0.6) is 0 Å². The van der Waals surface area contributed by atoms with Gasteiger partial charge in [-0.3, -0.25) is 4.74 Å². The van der Waals surface area contributed by atoms with Crippen molar-refractivity contribution in [2.75, 3.05) is 13.2 Å². The first-order chi connectivity index (χ1) is 8.49. The zero-order valence-corrected chi connectivity index (χ0v) is 10.4. The molecule has 0 N–H and O–H groups in total. The van der Waals surface area contributed by atoms with Crippen molar-refractivity contribution in [1.82, 2.24) is 0 Å². The molecule has 0 aliphatic heterocycles. The maximum atomic E-state index is 11.6. The van der Waals surface area contributed by atoms with Gasteiger partial charge in [-0.25, -0.2) is 4.79 Å². The smallest absolute Gasteiger partial charge is 0.462 e. The zero-order valence-electron chi connectivity index (χ0n) is 9.53. The molecule has 0 saturated carbocycles. The maximum Gasteiger partial charge on any atom is 0.522 e. The summed E-state index contributed by atoms with van der Waals surface area (Å²) < 4.78 is 43.4. The Morgan fingerprint density at radius 2 is 1.94 bits per heavy atom. The lowest BCUT2D eigenvalue weighted by atomic mass is 10.2. The molecule has 0 aliphatic carbocycles. The molecule has 1 aromatic rings. The summed E-state index contributed by atoms with van der Waals surface area (Å²) in [4.78, 5) is 11.3. The predicted octanol–water partition coefficient (Wildman–Crippen LogP) is 3.61. The van der Waals surface area contributed by atoms with Gasteiger partial charge >= 0.3 is 12.3 Å². The molecule has 0 radical (unpaired) electrons. The fraction of sp³-hybridized carbons (Fsp3) is 0.545. The molecule has 0 spiro atoms. The van der Waals surface area contributed by atoms with Crippen molar-refractivity contribution in [3.05, 3.63) is 22.4 Å². The van der Waals surface area contributed by atoms with Gasteiger partial charge < -0.3 is 4.74 Å². The van der Waals surface area contributed by atoms with Crippen LogP contribution >= 0.6 is 11.3 Å². The van der Waals surface area contributed by atoms with Gasteiger partial charge in [0.05, 0.1) is 18.8 Å². The van der Waals surface area contributed by atoms with E-state index in [9.17, 15) is 18.0 Å². The quantitative estimate of drug-likeness (QED) is 0.566. The number of unbranched alkanes of at least 4 members (excludes halogenated alkanes) is 2. The molecule has 0 bridgehead atoms. The topological polar surface area (TPSA) is 35.5 Å². The summed E-state index contributed by atoms with van der Waals surface area (Å²) >= 11 is 1.40. The van der Waals surface area contributed by atoms with E-state index >= 15 is 0 Å². The lowest BCUT2D eigenvalue weighted by molar-refractivity contribution is -0.324. The van der Waals surface area contributed by atoms with Crippen LogP contribution in [-0.4, -0.2) is 25.5 Å². The highest BCUT2D eigenvalue weighted by atomic mass is 32.1. The summed E-state index contributed by atoms with van der Waals surface area (Å²) in [5.41, 5.74) is 0.500. The summed E-state index contributed by atoms with van der Waals surface area (Å²) in [7, 11) is 0. The number of esters is 1. The Bertz CT molecular complexity index is 349. The molecule has 0 aromatic carbocycles. The largest absolute Gasteiger partial charge is 0.522 e. The van der Waals surface area contributed by atoms with E-state index in [1.54, 1.807) is 16.8 Å². The van der Waals surface area contributed by atoms with Gasteiger partial charge in [-0.1, -0.05) is 0 Å². The molecule has 0 aliphatic rings. The normalized spacial score (nSPS) is 11.5. The van der Waals surface area contributed by atoms with Crippen molar-refractivity contribution in [3.63, 3.8) is 0 Å². The van der Waals surface area contributed by atoms with E-state index in [1.807, 2.05) is 0 Å². The lowest BCUT2D eigenvalue weighted by Gasteiger charge is -2.07. The van der Waals surface area contributed by atoms with Gasteiger partial charge in [0.25, 0.3) is 0 Å². The van der Waals surface area contributed by atoms with Crippen LogP contribution in [0.3, 0.4) is 0 Å². The molecule has 1 rings (SSSR count). The van der Waals surface area contributed by atoms with Crippen molar-refractivity contribution < 1.29 is 27.4 Å². The average Bonchev–Trinajstić information content (AvgIpc) is 2.79. The summed E-state index contributed by atoms with van der Waals surface area (Å²) in [6.45, 7) is -0.150. The van der Waals surface area contributed by atoms with Crippen molar-refractivity contribution in [2.45, 2.75) is 25.6 Å². The second kappa shape index (κ2) is 7.38. The minimum Gasteiger partial charge on any atom is -0.462 e. The second-order valence-corrected chi connectivity index (χ2v) is 4.28. The Morgan fingerprint density at radius 1 is 1.22 bits per heavy atom. The minimum atomic E-state index is -4.56. The summed E-state index contributed by atoms with van der Waals surface area (Å²) in [5, 5.41) is 3.45. The van der Waals surface area contributed by atoms with Crippen LogP contribution in [0, 0.1) is 0 Å². The first kappa shape index (κ1) is 15.0. The van der Waals surface area contributed by atoms with Crippen molar-refractivity contribution >= 4 is 17.3 Å². The van der Waals surface area contributed by atoms with Crippen molar-refractivity contribution in [1.29, 1.82) is 0 Å². The molecule has 0 unspecified atom stereocenters. The standard InChI is InChI=1S/C11H13F3O3S/c12-11(13,14)17-6-3-1-2-5-16-10(15)9-4-7-18-8-9/h4,7-8H,1-3,5-6H2. The molecule has 18 heavy (non-hydrogen) atoms. The van der Waals surface area contributed by atoms with E-state index < -0.39 is 12.3 Å². The number of hydrogen-bond donors (Lipinski definition) is 0. The highest BCUT2D eigenvalue weighted by molar-refractivity contribution is 7.08. The highest BCUT2D eigenvalue weighted by Gasteiger charge is 2.28. The van der Waals surface area contributed by atoms with Crippen LogP contribution in [-0.2, 0) is 9.47 Å². The van der Waals surface area contributed by atoms with Crippen molar-refractivity contribution in [3.8, 4) is 0 Å². The number of halogens is 3. The summed E-state index contributed by atoms with van der Waals surface area (Å²) in [6.07, 6.45) is -3.23. The van der Waals surface area contributed by atoms with Crippen LogP contribution < -0.4 is 0 Å². The predicted molar refractivity (Wildman–Crippen MR) is 60.5 cm³/mol.